The molecule has 0 spiro atoms. The Labute approximate surface area is 112 Å². The monoisotopic (exact) mass is 280 g/mol. The first-order valence-electron chi connectivity index (χ1n) is 6.96. The maximum atomic E-state index is 13.0. The fraction of sp³-hybridized carbons (Fsp3) is 1.00. The van der Waals surface area contributed by atoms with Gasteiger partial charge in [0.05, 0.1) is 12.0 Å². The summed E-state index contributed by atoms with van der Waals surface area (Å²) < 4.78 is 44.2. The topological polar surface area (TPSA) is 38.5 Å². The van der Waals surface area contributed by atoms with E-state index in [-0.39, 0.29) is 18.9 Å². The molecule has 3 atom stereocenters. The van der Waals surface area contributed by atoms with Gasteiger partial charge in [-0.3, -0.25) is 4.90 Å². The Hall–Kier alpha value is -0.330. The highest BCUT2D eigenvalue weighted by Crippen LogP contribution is 2.44. The van der Waals surface area contributed by atoms with E-state index < -0.39 is 17.6 Å². The van der Waals surface area contributed by atoms with Crippen molar-refractivity contribution in [2.24, 2.45) is 11.7 Å². The molecule has 0 bridgehead atoms. The second kappa shape index (κ2) is 5.58. The van der Waals surface area contributed by atoms with Crippen molar-refractivity contribution in [2.45, 2.75) is 49.9 Å². The quantitative estimate of drug-likeness (QED) is 0.861. The minimum Gasteiger partial charge on any atom is -0.380 e. The van der Waals surface area contributed by atoms with Gasteiger partial charge >= 0.3 is 6.18 Å². The highest BCUT2D eigenvalue weighted by atomic mass is 19.4. The van der Waals surface area contributed by atoms with Gasteiger partial charge < -0.3 is 10.5 Å². The Kier molecular flexibility index (Phi) is 4.42. The van der Waals surface area contributed by atoms with E-state index in [2.05, 4.69) is 4.90 Å². The highest BCUT2D eigenvalue weighted by molar-refractivity contribution is 5.00. The zero-order chi connectivity index (χ0) is 14.1. The van der Waals surface area contributed by atoms with Gasteiger partial charge in [-0.2, -0.15) is 13.2 Å². The van der Waals surface area contributed by atoms with Crippen molar-refractivity contribution < 1.29 is 17.9 Å². The number of likely N-dealkylation sites (tertiary alicyclic amines) is 1. The highest BCUT2D eigenvalue weighted by Gasteiger charge is 2.50. The lowest BCUT2D eigenvalue weighted by atomic mass is 9.74. The molecule has 0 aromatic carbocycles. The molecule has 0 aromatic rings. The summed E-state index contributed by atoms with van der Waals surface area (Å²) in [5.41, 5.74) is 5.38. The van der Waals surface area contributed by atoms with Gasteiger partial charge in [-0.25, -0.2) is 0 Å². The molecule has 1 heterocycles. The molecule has 2 fully saturated rings. The van der Waals surface area contributed by atoms with Crippen LogP contribution in [0.15, 0.2) is 0 Å². The third-order valence-corrected chi connectivity index (χ3v) is 4.81. The zero-order valence-electron chi connectivity index (χ0n) is 11.4. The third-order valence-electron chi connectivity index (χ3n) is 4.81. The minimum atomic E-state index is -4.10. The summed E-state index contributed by atoms with van der Waals surface area (Å²) in [5, 5.41) is 0. The first-order chi connectivity index (χ1) is 8.91. The maximum Gasteiger partial charge on any atom is 0.391 e. The van der Waals surface area contributed by atoms with E-state index in [1.54, 1.807) is 7.11 Å². The molecule has 6 heteroatoms. The van der Waals surface area contributed by atoms with E-state index in [0.29, 0.717) is 19.5 Å². The number of nitrogens with zero attached hydrogens (tertiary/aromatic N) is 1. The molecule has 0 amide bonds. The van der Waals surface area contributed by atoms with Crippen LogP contribution in [0, 0.1) is 5.92 Å². The third kappa shape index (κ3) is 3.06. The number of hydrogen-bond acceptors (Lipinski definition) is 3. The Bertz CT molecular complexity index is 311. The van der Waals surface area contributed by atoms with Crippen LogP contribution < -0.4 is 5.73 Å². The van der Waals surface area contributed by atoms with Crippen molar-refractivity contribution in [3.63, 3.8) is 0 Å². The fourth-order valence-electron chi connectivity index (χ4n) is 3.57. The second-order valence-electron chi connectivity index (χ2n) is 5.86. The maximum absolute atomic E-state index is 13.0. The van der Waals surface area contributed by atoms with E-state index in [9.17, 15) is 13.2 Å². The lowest BCUT2D eigenvalue weighted by Gasteiger charge is -2.47. The summed E-state index contributed by atoms with van der Waals surface area (Å²) >= 11 is 0. The molecule has 1 aliphatic carbocycles. The molecule has 3 unspecified atom stereocenters. The second-order valence-corrected chi connectivity index (χ2v) is 5.86. The molecule has 1 aliphatic heterocycles. The van der Waals surface area contributed by atoms with Gasteiger partial charge in [-0.1, -0.05) is 6.42 Å². The van der Waals surface area contributed by atoms with Crippen LogP contribution in [0.5, 0.6) is 0 Å². The minimum absolute atomic E-state index is 0.134. The van der Waals surface area contributed by atoms with Crippen LogP contribution in [-0.2, 0) is 4.74 Å². The molecular weight excluding hydrogens is 257 g/mol. The lowest BCUT2D eigenvalue weighted by Crippen LogP contribution is -2.57. The molecule has 2 aliphatic rings. The van der Waals surface area contributed by atoms with Crippen LogP contribution >= 0.6 is 0 Å². The van der Waals surface area contributed by atoms with Gasteiger partial charge in [0.1, 0.15) is 0 Å². The van der Waals surface area contributed by atoms with Crippen LogP contribution in [-0.4, -0.2) is 49.5 Å². The zero-order valence-corrected chi connectivity index (χ0v) is 11.4. The smallest absolute Gasteiger partial charge is 0.380 e. The summed E-state index contributed by atoms with van der Waals surface area (Å²) in [5.74, 6) is -1.20. The molecular formula is C13H23F3N2O. The SMILES string of the molecule is COC1CCN(C2(CN)CCCC(C(F)(F)F)C2)C1. The molecule has 3 nitrogen and oxygen atoms in total. The lowest BCUT2D eigenvalue weighted by molar-refractivity contribution is -0.193. The average Bonchev–Trinajstić information content (AvgIpc) is 2.87. The summed E-state index contributed by atoms with van der Waals surface area (Å²) in [6.07, 6.45) is -1.32. The predicted octanol–water partition coefficient (Wildman–Crippen LogP) is 2.16. The van der Waals surface area contributed by atoms with E-state index in [1.807, 2.05) is 0 Å². The van der Waals surface area contributed by atoms with Gasteiger partial charge in [-0.05, 0) is 25.7 Å². The van der Waals surface area contributed by atoms with E-state index in [4.69, 9.17) is 10.5 Å². The van der Waals surface area contributed by atoms with Crippen LogP contribution in [0.1, 0.15) is 32.1 Å². The number of hydrogen-bond donors (Lipinski definition) is 1. The van der Waals surface area contributed by atoms with E-state index in [0.717, 1.165) is 19.4 Å². The first-order valence-corrected chi connectivity index (χ1v) is 6.96. The van der Waals surface area contributed by atoms with Gasteiger partial charge in [0.15, 0.2) is 0 Å². The number of methoxy groups -OCH3 is 1. The van der Waals surface area contributed by atoms with E-state index in [1.165, 1.54) is 0 Å². The first kappa shape index (κ1) is 15.1. The Morgan fingerprint density at radius 3 is 2.63 bits per heavy atom. The Morgan fingerprint density at radius 2 is 2.11 bits per heavy atom. The normalized spacial score (nSPS) is 37.7. The van der Waals surface area contributed by atoms with Crippen LogP contribution in [0.25, 0.3) is 0 Å². The average molecular weight is 280 g/mol. The number of halogens is 3. The molecule has 1 saturated carbocycles. The molecule has 0 aromatic heterocycles. The predicted molar refractivity (Wildman–Crippen MR) is 66.8 cm³/mol. The molecule has 0 radical (unpaired) electrons. The summed E-state index contributed by atoms with van der Waals surface area (Å²) in [6, 6.07) is 0. The van der Waals surface area contributed by atoms with Crippen molar-refractivity contribution in [1.82, 2.24) is 4.90 Å². The van der Waals surface area contributed by atoms with Crippen molar-refractivity contribution >= 4 is 0 Å². The van der Waals surface area contributed by atoms with Crippen molar-refractivity contribution in [3.8, 4) is 0 Å². The standard InChI is InChI=1S/C13H23F3N2O/c1-19-11-4-6-18(8-11)12(9-17)5-2-3-10(7-12)13(14,15)16/h10-11H,2-9,17H2,1H3. The molecule has 2 rings (SSSR count). The summed E-state index contributed by atoms with van der Waals surface area (Å²) in [6.45, 7) is 1.80. The van der Waals surface area contributed by atoms with Crippen molar-refractivity contribution in [2.75, 3.05) is 26.7 Å². The Morgan fingerprint density at radius 1 is 1.37 bits per heavy atom. The van der Waals surface area contributed by atoms with Crippen LogP contribution in [0.3, 0.4) is 0 Å². The van der Waals surface area contributed by atoms with Gasteiger partial charge in [0, 0.05) is 32.3 Å². The molecule has 112 valence electrons. The van der Waals surface area contributed by atoms with Crippen molar-refractivity contribution in [3.05, 3.63) is 0 Å². The van der Waals surface area contributed by atoms with Gasteiger partial charge in [0.2, 0.25) is 0 Å². The number of nitrogens with two attached hydrogens (primary N) is 1. The van der Waals surface area contributed by atoms with Gasteiger partial charge in [-0.15, -0.1) is 0 Å². The van der Waals surface area contributed by atoms with Crippen LogP contribution in [0.2, 0.25) is 0 Å². The Balaban J connectivity index is 2.09. The van der Waals surface area contributed by atoms with Crippen LogP contribution in [0.4, 0.5) is 13.2 Å². The summed E-state index contributed by atoms with van der Waals surface area (Å²) in [7, 11) is 1.66. The molecule has 2 N–H and O–H groups in total. The summed E-state index contributed by atoms with van der Waals surface area (Å²) in [4.78, 5) is 2.14. The van der Waals surface area contributed by atoms with E-state index >= 15 is 0 Å². The fourth-order valence-corrected chi connectivity index (χ4v) is 3.57. The number of ether oxygens (including phenoxy) is 1. The number of alkyl halides is 3. The molecule has 19 heavy (non-hydrogen) atoms. The number of rotatable bonds is 3. The van der Waals surface area contributed by atoms with Gasteiger partial charge in [0.25, 0.3) is 0 Å². The largest absolute Gasteiger partial charge is 0.391 e. The molecule has 1 saturated heterocycles. The van der Waals surface area contributed by atoms with Crippen molar-refractivity contribution in [1.29, 1.82) is 0 Å².